The van der Waals surface area contributed by atoms with Crippen LogP contribution in [0.3, 0.4) is 0 Å². The number of likely N-dealkylation sites (N-methyl/N-ethyl adjacent to an activating group) is 1. The largest absolute Gasteiger partial charge is 0.338 e. The lowest BCUT2D eigenvalue weighted by Gasteiger charge is -2.20. The number of rotatable bonds is 6. The molecule has 146 valence electrons. The molecule has 0 saturated heterocycles. The molecule has 0 atom stereocenters. The average Bonchev–Trinajstić information content (AvgIpc) is 3.21. The predicted molar refractivity (Wildman–Crippen MR) is 112 cm³/mol. The molecule has 0 bridgehead atoms. The summed E-state index contributed by atoms with van der Waals surface area (Å²) in [7, 11) is 0. The van der Waals surface area contributed by atoms with Crippen LogP contribution in [0.5, 0.6) is 0 Å². The third-order valence-electron chi connectivity index (χ3n) is 4.79. The van der Waals surface area contributed by atoms with Gasteiger partial charge in [0, 0.05) is 43.2 Å². The first-order chi connectivity index (χ1) is 14.2. The van der Waals surface area contributed by atoms with E-state index in [1.165, 1.54) is 0 Å². The normalized spacial score (nSPS) is 11.0. The fraction of sp³-hybridized carbons (Fsp3) is 0.182. The van der Waals surface area contributed by atoms with E-state index < -0.39 is 0 Å². The number of fused-ring (bicyclic) bond motifs is 1. The van der Waals surface area contributed by atoms with Gasteiger partial charge in [-0.15, -0.1) is 0 Å². The lowest BCUT2D eigenvalue weighted by molar-refractivity contribution is 0.0769. The summed E-state index contributed by atoms with van der Waals surface area (Å²) in [6, 6.07) is 15.4. The first kappa shape index (κ1) is 18.8. The molecule has 3 heterocycles. The maximum atomic E-state index is 12.8. The van der Waals surface area contributed by atoms with Gasteiger partial charge in [-0.25, -0.2) is 9.50 Å². The molecule has 0 fully saturated rings. The monoisotopic (exact) mass is 386 g/mol. The lowest BCUT2D eigenvalue weighted by Crippen LogP contribution is -2.35. The van der Waals surface area contributed by atoms with Crippen molar-refractivity contribution in [1.82, 2.24) is 24.5 Å². The van der Waals surface area contributed by atoms with Gasteiger partial charge < -0.3 is 10.6 Å². The summed E-state index contributed by atoms with van der Waals surface area (Å²) in [5.41, 5.74) is 10.2. The number of amides is 1. The molecule has 0 aliphatic carbocycles. The number of carbonyl (C=O) groups is 1. The molecule has 0 aliphatic rings. The first-order valence-corrected chi connectivity index (χ1v) is 9.57. The quantitative estimate of drug-likeness (QED) is 0.550. The maximum absolute atomic E-state index is 12.8. The molecule has 1 aromatic carbocycles. The molecule has 7 heteroatoms. The van der Waals surface area contributed by atoms with E-state index in [1.54, 1.807) is 33.9 Å². The van der Waals surface area contributed by atoms with Gasteiger partial charge in [0.2, 0.25) is 0 Å². The van der Waals surface area contributed by atoms with Crippen LogP contribution >= 0.6 is 0 Å². The predicted octanol–water partition coefficient (Wildman–Crippen LogP) is 2.88. The van der Waals surface area contributed by atoms with Crippen LogP contribution < -0.4 is 5.73 Å². The van der Waals surface area contributed by atoms with E-state index in [9.17, 15) is 4.79 Å². The van der Waals surface area contributed by atoms with Crippen molar-refractivity contribution in [3.8, 4) is 22.5 Å². The number of aromatic nitrogens is 4. The number of hydrogen-bond donors (Lipinski definition) is 1. The van der Waals surface area contributed by atoms with E-state index in [1.807, 2.05) is 49.5 Å². The summed E-state index contributed by atoms with van der Waals surface area (Å²) in [6.07, 6.45) is 5.25. The molecule has 0 unspecified atom stereocenters. The van der Waals surface area contributed by atoms with Crippen LogP contribution in [0.4, 0.5) is 0 Å². The third-order valence-corrected chi connectivity index (χ3v) is 4.79. The minimum atomic E-state index is -0.0593. The molecule has 2 N–H and O–H groups in total. The van der Waals surface area contributed by atoms with Gasteiger partial charge in [0.05, 0.1) is 23.1 Å². The van der Waals surface area contributed by atoms with Crippen molar-refractivity contribution in [2.24, 2.45) is 5.73 Å². The Labute approximate surface area is 168 Å². The Morgan fingerprint density at radius 3 is 2.72 bits per heavy atom. The van der Waals surface area contributed by atoms with Gasteiger partial charge in [0.15, 0.2) is 5.65 Å². The highest BCUT2D eigenvalue weighted by Gasteiger charge is 2.16. The number of hydrogen-bond acceptors (Lipinski definition) is 5. The number of nitrogens with zero attached hydrogens (tertiary/aromatic N) is 5. The maximum Gasteiger partial charge on any atom is 0.254 e. The second-order valence-electron chi connectivity index (χ2n) is 6.61. The van der Waals surface area contributed by atoms with Gasteiger partial charge in [0.1, 0.15) is 0 Å². The molecule has 29 heavy (non-hydrogen) atoms. The van der Waals surface area contributed by atoms with E-state index in [4.69, 9.17) is 10.7 Å². The van der Waals surface area contributed by atoms with Gasteiger partial charge in [-0.3, -0.25) is 9.78 Å². The van der Waals surface area contributed by atoms with Crippen molar-refractivity contribution in [1.29, 1.82) is 0 Å². The van der Waals surface area contributed by atoms with Crippen LogP contribution in [-0.4, -0.2) is 50.0 Å². The Morgan fingerprint density at radius 1 is 1.14 bits per heavy atom. The summed E-state index contributed by atoms with van der Waals surface area (Å²) in [4.78, 5) is 23.8. The zero-order valence-electron chi connectivity index (χ0n) is 16.2. The van der Waals surface area contributed by atoms with Crippen LogP contribution in [0.25, 0.3) is 28.2 Å². The van der Waals surface area contributed by atoms with Crippen LogP contribution in [0, 0.1) is 0 Å². The lowest BCUT2D eigenvalue weighted by atomic mass is 10.1. The van der Waals surface area contributed by atoms with Gasteiger partial charge in [-0.05, 0) is 25.1 Å². The van der Waals surface area contributed by atoms with Crippen molar-refractivity contribution in [2.75, 3.05) is 19.6 Å². The summed E-state index contributed by atoms with van der Waals surface area (Å²) in [5.74, 6) is -0.0593. The molecule has 7 nitrogen and oxygen atoms in total. The SMILES string of the molecule is CCN(CCN)C(=O)c1ccnc(-c2cnn3ccc(-c4ccccc4)nc23)c1. The molecule has 0 radical (unpaired) electrons. The van der Waals surface area contributed by atoms with E-state index in [0.29, 0.717) is 36.5 Å². The van der Waals surface area contributed by atoms with Crippen molar-refractivity contribution >= 4 is 11.6 Å². The molecule has 1 amide bonds. The standard InChI is InChI=1S/C22H22N6O/c1-2-27(13-10-23)22(29)17-8-11-24-20(14-17)18-15-25-28-12-9-19(26-21(18)28)16-6-4-3-5-7-16/h3-9,11-12,14-15H,2,10,13,23H2,1H3. The molecule has 0 saturated carbocycles. The Balaban J connectivity index is 1.74. The third kappa shape index (κ3) is 3.72. The van der Waals surface area contributed by atoms with Crippen LogP contribution in [0.1, 0.15) is 17.3 Å². The zero-order chi connectivity index (χ0) is 20.2. The van der Waals surface area contributed by atoms with Gasteiger partial charge in [0.25, 0.3) is 5.91 Å². The Bertz CT molecular complexity index is 1140. The number of benzene rings is 1. The summed E-state index contributed by atoms with van der Waals surface area (Å²) < 4.78 is 1.71. The van der Waals surface area contributed by atoms with E-state index >= 15 is 0 Å². The van der Waals surface area contributed by atoms with Crippen molar-refractivity contribution in [3.63, 3.8) is 0 Å². The van der Waals surface area contributed by atoms with Crippen molar-refractivity contribution < 1.29 is 4.79 Å². The van der Waals surface area contributed by atoms with Crippen molar-refractivity contribution in [3.05, 3.63) is 72.7 Å². The highest BCUT2D eigenvalue weighted by molar-refractivity contribution is 5.95. The van der Waals surface area contributed by atoms with E-state index in [-0.39, 0.29) is 5.91 Å². The molecular weight excluding hydrogens is 364 g/mol. The molecule has 3 aromatic heterocycles. The fourth-order valence-corrected chi connectivity index (χ4v) is 3.27. The summed E-state index contributed by atoms with van der Waals surface area (Å²) >= 11 is 0. The Morgan fingerprint density at radius 2 is 1.97 bits per heavy atom. The second-order valence-corrected chi connectivity index (χ2v) is 6.61. The summed E-state index contributed by atoms with van der Waals surface area (Å²) in [5, 5.41) is 4.39. The number of nitrogens with two attached hydrogens (primary N) is 1. The minimum absolute atomic E-state index is 0.0593. The second kappa shape index (κ2) is 8.20. The van der Waals surface area contributed by atoms with E-state index in [0.717, 1.165) is 16.8 Å². The topological polar surface area (TPSA) is 89.4 Å². The zero-order valence-corrected chi connectivity index (χ0v) is 16.2. The smallest absolute Gasteiger partial charge is 0.254 e. The van der Waals surface area contributed by atoms with Gasteiger partial charge in [-0.2, -0.15) is 5.10 Å². The van der Waals surface area contributed by atoms with Crippen LogP contribution in [0.2, 0.25) is 0 Å². The fourth-order valence-electron chi connectivity index (χ4n) is 3.27. The molecule has 0 aliphatic heterocycles. The van der Waals surface area contributed by atoms with E-state index in [2.05, 4.69) is 10.1 Å². The van der Waals surface area contributed by atoms with Crippen LogP contribution in [-0.2, 0) is 0 Å². The van der Waals surface area contributed by atoms with Gasteiger partial charge in [-0.1, -0.05) is 30.3 Å². The average molecular weight is 386 g/mol. The Kier molecular flexibility index (Phi) is 5.31. The first-order valence-electron chi connectivity index (χ1n) is 9.57. The molecule has 0 spiro atoms. The minimum Gasteiger partial charge on any atom is -0.338 e. The Hall–Kier alpha value is -3.58. The molecule has 4 aromatic rings. The molecular formula is C22H22N6O. The molecule has 4 rings (SSSR count). The number of pyridine rings is 1. The number of carbonyl (C=O) groups excluding carboxylic acids is 1. The highest BCUT2D eigenvalue weighted by atomic mass is 16.2. The van der Waals surface area contributed by atoms with Crippen molar-refractivity contribution in [2.45, 2.75) is 6.92 Å². The van der Waals surface area contributed by atoms with Gasteiger partial charge >= 0.3 is 0 Å². The summed E-state index contributed by atoms with van der Waals surface area (Å²) in [6.45, 7) is 3.49. The highest BCUT2D eigenvalue weighted by Crippen LogP contribution is 2.25. The van der Waals surface area contributed by atoms with Crippen LogP contribution in [0.15, 0.2) is 67.1 Å².